The standard InChI is InChI=1S/C12H8N2O/c1-2-5-10-9(4-1)8-11(14-13-10)12-6-3-7-15-12/h1-8H. The maximum Gasteiger partial charge on any atom is 0.154 e. The summed E-state index contributed by atoms with van der Waals surface area (Å²) in [4.78, 5) is 0. The molecule has 0 aliphatic heterocycles. The number of benzene rings is 1. The van der Waals surface area contributed by atoms with Crippen LogP contribution in [0, 0.1) is 0 Å². The third kappa shape index (κ3) is 1.38. The Balaban J connectivity index is 2.22. The van der Waals surface area contributed by atoms with Crippen LogP contribution in [-0.2, 0) is 0 Å². The van der Waals surface area contributed by atoms with Gasteiger partial charge in [-0.05, 0) is 24.3 Å². The maximum atomic E-state index is 5.27. The molecule has 3 rings (SSSR count). The van der Waals surface area contributed by atoms with E-state index in [4.69, 9.17) is 4.42 Å². The van der Waals surface area contributed by atoms with Crippen molar-refractivity contribution in [1.82, 2.24) is 10.2 Å². The van der Waals surface area contributed by atoms with Gasteiger partial charge in [-0.25, -0.2) is 0 Å². The molecule has 0 unspecified atom stereocenters. The minimum absolute atomic E-state index is 0.744. The lowest BCUT2D eigenvalue weighted by Crippen LogP contribution is -1.87. The third-order valence-corrected chi connectivity index (χ3v) is 2.27. The van der Waals surface area contributed by atoms with E-state index in [-0.39, 0.29) is 0 Å². The lowest BCUT2D eigenvalue weighted by molar-refractivity contribution is 0.579. The lowest BCUT2D eigenvalue weighted by Gasteiger charge is -1.97. The van der Waals surface area contributed by atoms with Gasteiger partial charge in [0, 0.05) is 5.39 Å². The Morgan fingerprint density at radius 1 is 0.933 bits per heavy atom. The summed E-state index contributed by atoms with van der Waals surface area (Å²) in [6.07, 6.45) is 1.63. The van der Waals surface area contributed by atoms with E-state index in [1.165, 1.54) is 0 Å². The van der Waals surface area contributed by atoms with Crippen molar-refractivity contribution >= 4 is 10.9 Å². The predicted octanol–water partition coefficient (Wildman–Crippen LogP) is 2.89. The van der Waals surface area contributed by atoms with Crippen molar-refractivity contribution in [2.24, 2.45) is 0 Å². The van der Waals surface area contributed by atoms with Gasteiger partial charge >= 0.3 is 0 Å². The average Bonchev–Trinajstić information content (AvgIpc) is 2.82. The highest BCUT2D eigenvalue weighted by Crippen LogP contribution is 2.20. The average molecular weight is 196 g/mol. The first kappa shape index (κ1) is 8.17. The van der Waals surface area contributed by atoms with Gasteiger partial charge in [-0.15, -0.1) is 10.2 Å². The molecule has 0 aliphatic rings. The number of hydrogen-bond donors (Lipinski definition) is 0. The van der Waals surface area contributed by atoms with Crippen molar-refractivity contribution in [3.63, 3.8) is 0 Å². The van der Waals surface area contributed by atoms with Crippen molar-refractivity contribution in [1.29, 1.82) is 0 Å². The normalized spacial score (nSPS) is 10.7. The van der Waals surface area contributed by atoms with Crippen molar-refractivity contribution < 1.29 is 4.42 Å². The molecule has 72 valence electrons. The van der Waals surface area contributed by atoms with E-state index < -0.39 is 0 Å². The van der Waals surface area contributed by atoms with Gasteiger partial charge in [-0.2, -0.15) is 0 Å². The highest BCUT2D eigenvalue weighted by atomic mass is 16.3. The fourth-order valence-corrected chi connectivity index (χ4v) is 1.53. The number of fused-ring (bicyclic) bond motifs is 1. The zero-order valence-electron chi connectivity index (χ0n) is 7.92. The Hall–Kier alpha value is -2.16. The van der Waals surface area contributed by atoms with Crippen LogP contribution in [-0.4, -0.2) is 10.2 Å². The minimum Gasteiger partial charge on any atom is -0.463 e. The summed E-state index contributed by atoms with van der Waals surface area (Å²) in [7, 11) is 0. The molecular formula is C12H8N2O. The van der Waals surface area contributed by atoms with E-state index in [1.54, 1.807) is 6.26 Å². The van der Waals surface area contributed by atoms with Gasteiger partial charge in [-0.3, -0.25) is 0 Å². The van der Waals surface area contributed by atoms with Crippen LogP contribution >= 0.6 is 0 Å². The first-order chi connectivity index (χ1) is 7.43. The monoisotopic (exact) mass is 196 g/mol. The molecule has 0 bridgehead atoms. The van der Waals surface area contributed by atoms with Crippen LogP contribution in [0.2, 0.25) is 0 Å². The minimum atomic E-state index is 0.744. The van der Waals surface area contributed by atoms with Gasteiger partial charge in [0.2, 0.25) is 0 Å². The molecule has 15 heavy (non-hydrogen) atoms. The SMILES string of the molecule is c1coc(-c2cc3ccccc3nn2)c1. The number of hydrogen-bond acceptors (Lipinski definition) is 3. The molecule has 0 radical (unpaired) electrons. The Labute approximate surface area is 86.4 Å². The number of furan rings is 1. The molecular weight excluding hydrogens is 188 g/mol. The molecule has 0 aliphatic carbocycles. The van der Waals surface area contributed by atoms with Crippen LogP contribution < -0.4 is 0 Å². The molecule has 0 amide bonds. The Bertz CT molecular complexity index is 587. The van der Waals surface area contributed by atoms with Crippen LogP contribution in [0.15, 0.2) is 53.1 Å². The number of rotatable bonds is 1. The quantitative estimate of drug-likeness (QED) is 0.600. The molecule has 3 aromatic rings. The van der Waals surface area contributed by atoms with E-state index in [9.17, 15) is 0 Å². The molecule has 0 fully saturated rings. The molecule has 0 atom stereocenters. The van der Waals surface area contributed by atoms with E-state index >= 15 is 0 Å². The topological polar surface area (TPSA) is 38.9 Å². The van der Waals surface area contributed by atoms with Crippen molar-refractivity contribution in [2.45, 2.75) is 0 Å². The number of aromatic nitrogens is 2. The Kier molecular flexibility index (Phi) is 1.75. The summed E-state index contributed by atoms with van der Waals surface area (Å²) in [5.74, 6) is 0.744. The first-order valence-electron chi connectivity index (χ1n) is 4.70. The molecule has 0 saturated heterocycles. The van der Waals surface area contributed by atoms with Crippen LogP contribution in [0.4, 0.5) is 0 Å². The highest BCUT2D eigenvalue weighted by Gasteiger charge is 2.03. The summed E-state index contributed by atoms with van der Waals surface area (Å²) >= 11 is 0. The lowest BCUT2D eigenvalue weighted by atomic mass is 10.2. The summed E-state index contributed by atoms with van der Waals surface area (Å²) < 4.78 is 5.27. The third-order valence-electron chi connectivity index (χ3n) is 2.27. The van der Waals surface area contributed by atoms with Gasteiger partial charge in [0.1, 0.15) is 5.69 Å². The molecule has 0 N–H and O–H groups in total. The molecule has 2 aromatic heterocycles. The molecule has 2 heterocycles. The van der Waals surface area contributed by atoms with Gasteiger partial charge in [0.15, 0.2) is 5.76 Å². The largest absolute Gasteiger partial charge is 0.463 e. The van der Waals surface area contributed by atoms with Crippen molar-refractivity contribution in [3.8, 4) is 11.5 Å². The van der Waals surface area contributed by atoms with Crippen LogP contribution in [0.1, 0.15) is 0 Å². The van der Waals surface area contributed by atoms with Crippen LogP contribution in [0.5, 0.6) is 0 Å². The molecule has 1 aromatic carbocycles. The van der Waals surface area contributed by atoms with Crippen LogP contribution in [0.25, 0.3) is 22.4 Å². The van der Waals surface area contributed by atoms with Crippen molar-refractivity contribution in [3.05, 3.63) is 48.7 Å². The first-order valence-corrected chi connectivity index (χ1v) is 4.70. The van der Waals surface area contributed by atoms with Gasteiger partial charge in [0.25, 0.3) is 0 Å². The summed E-state index contributed by atoms with van der Waals surface area (Å²) in [5.41, 5.74) is 1.66. The van der Waals surface area contributed by atoms with E-state index in [0.29, 0.717) is 0 Å². The molecule has 3 heteroatoms. The Morgan fingerprint density at radius 2 is 1.87 bits per heavy atom. The smallest absolute Gasteiger partial charge is 0.154 e. The fraction of sp³-hybridized carbons (Fsp3) is 0. The van der Waals surface area contributed by atoms with E-state index in [1.807, 2.05) is 42.5 Å². The zero-order valence-corrected chi connectivity index (χ0v) is 7.92. The van der Waals surface area contributed by atoms with E-state index in [2.05, 4.69) is 10.2 Å². The van der Waals surface area contributed by atoms with Crippen molar-refractivity contribution in [2.75, 3.05) is 0 Å². The second kappa shape index (κ2) is 3.20. The highest BCUT2D eigenvalue weighted by molar-refractivity contribution is 5.80. The second-order valence-corrected chi connectivity index (χ2v) is 3.27. The van der Waals surface area contributed by atoms with E-state index in [0.717, 1.165) is 22.4 Å². The fourth-order valence-electron chi connectivity index (χ4n) is 1.53. The molecule has 0 spiro atoms. The molecule has 0 saturated carbocycles. The number of nitrogens with zero attached hydrogens (tertiary/aromatic N) is 2. The summed E-state index contributed by atoms with van der Waals surface area (Å²) in [5, 5.41) is 9.30. The van der Waals surface area contributed by atoms with Gasteiger partial charge in [-0.1, -0.05) is 18.2 Å². The maximum absolute atomic E-state index is 5.27. The second-order valence-electron chi connectivity index (χ2n) is 3.27. The predicted molar refractivity (Wildman–Crippen MR) is 57.2 cm³/mol. The van der Waals surface area contributed by atoms with Crippen LogP contribution in [0.3, 0.4) is 0 Å². The zero-order chi connectivity index (χ0) is 10.1. The summed E-state index contributed by atoms with van der Waals surface area (Å²) in [6, 6.07) is 13.6. The van der Waals surface area contributed by atoms with Gasteiger partial charge in [0.05, 0.1) is 11.8 Å². The van der Waals surface area contributed by atoms with Gasteiger partial charge < -0.3 is 4.42 Å². The summed E-state index contributed by atoms with van der Waals surface area (Å²) in [6.45, 7) is 0. The molecule has 3 nitrogen and oxygen atoms in total. The Morgan fingerprint density at radius 3 is 2.73 bits per heavy atom.